The van der Waals surface area contributed by atoms with Gasteiger partial charge in [0.15, 0.2) is 0 Å². The highest BCUT2D eigenvalue weighted by molar-refractivity contribution is 5.76. The number of aromatic nitrogens is 1. The van der Waals surface area contributed by atoms with Crippen LogP contribution in [0.5, 0.6) is 5.88 Å². The third-order valence-corrected chi connectivity index (χ3v) is 5.28. The number of amides is 1. The second-order valence-electron chi connectivity index (χ2n) is 7.72. The van der Waals surface area contributed by atoms with Crippen LogP contribution in [0.2, 0.25) is 0 Å². The van der Waals surface area contributed by atoms with Crippen LogP contribution in [0.3, 0.4) is 0 Å². The molecule has 0 unspecified atom stereocenters. The van der Waals surface area contributed by atoms with E-state index >= 15 is 0 Å². The number of carbonyl (C=O) groups excluding carboxylic acids is 1. The molecule has 2 aromatic heterocycles. The van der Waals surface area contributed by atoms with Crippen LogP contribution < -0.4 is 4.74 Å². The zero-order chi connectivity index (χ0) is 23.2. The topological polar surface area (TPSA) is 67.8 Å². The summed E-state index contributed by atoms with van der Waals surface area (Å²) in [5.41, 5.74) is 3.31. The molecule has 170 valence electrons. The van der Waals surface area contributed by atoms with Crippen LogP contribution >= 0.6 is 0 Å². The predicted molar refractivity (Wildman–Crippen MR) is 122 cm³/mol. The van der Waals surface area contributed by atoms with Gasteiger partial charge in [0.1, 0.15) is 11.6 Å². The number of hydrogen-bond donors (Lipinski definition) is 1. The molecule has 0 fully saturated rings. The Morgan fingerprint density at radius 3 is 2.48 bits per heavy atom. The molecule has 4 rings (SSSR count). The molecule has 0 aliphatic rings. The minimum atomic E-state index is -0.584. The predicted octanol–water partition coefficient (Wildman–Crippen LogP) is 5.24. The van der Waals surface area contributed by atoms with Gasteiger partial charge < -0.3 is 23.7 Å². The molecule has 6 nitrogen and oxygen atoms in total. The largest absolute Gasteiger partial charge is 0.464 e. The molecule has 2 heterocycles. The Morgan fingerprint density at radius 2 is 1.82 bits per heavy atom. The Labute approximate surface area is 191 Å². The second-order valence-corrected chi connectivity index (χ2v) is 7.72. The standard InChI is InChI=1S/C26H25FN2O4/c1-19-16-29(18-21-9-11-22(27)12-10-21)25(24(19)23-8-5-15-32-23)33-26(31)28(13-14-30)17-20-6-3-2-4-7-20/h2-12,15-16,30H,13-14,17-18H2,1H3. The fourth-order valence-electron chi connectivity index (χ4n) is 3.71. The quantitative estimate of drug-likeness (QED) is 0.400. The van der Waals surface area contributed by atoms with Gasteiger partial charge in [-0.05, 0) is 47.9 Å². The van der Waals surface area contributed by atoms with E-state index in [0.717, 1.165) is 16.7 Å². The van der Waals surface area contributed by atoms with E-state index in [1.807, 2.05) is 43.5 Å². The molecule has 0 radical (unpaired) electrons. The van der Waals surface area contributed by atoms with Gasteiger partial charge in [0, 0.05) is 19.3 Å². The molecule has 0 spiro atoms. The van der Waals surface area contributed by atoms with Crippen molar-refractivity contribution in [1.82, 2.24) is 9.47 Å². The first-order valence-corrected chi connectivity index (χ1v) is 10.6. The molecule has 0 bridgehead atoms. The number of ether oxygens (including phenoxy) is 1. The van der Waals surface area contributed by atoms with E-state index in [2.05, 4.69) is 0 Å². The number of aliphatic hydroxyl groups excluding tert-OH is 1. The van der Waals surface area contributed by atoms with Crippen molar-refractivity contribution in [3.8, 4) is 17.2 Å². The zero-order valence-electron chi connectivity index (χ0n) is 18.3. The lowest BCUT2D eigenvalue weighted by Gasteiger charge is -2.22. The lowest BCUT2D eigenvalue weighted by Crippen LogP contribution is -2.35. The molecule has 1 amide bonds. The number of halogens is 1. The third-order valence-electron chi connectivity index (χ3n) is 5.28. The Kier molecular flexibility index (Phi) is 6.90. The maximum absolute atomic E-state index is 13.4. The van der Waals surface area contributed by atoms with E-state index in [4.69, 9.17) is 9.15 Å². The number of hydrogen-bond acceptors (Lipinski definition) is 4. The van der Waals surface area contributed by atoms with E-state index in [0.29, 0.717) is 30.3 Å². The summed E-state index contributed by atoms with van der Waals surface area (Å²) in [7, 11) is 0. The summed E-state index contributed by atoms with van der Waals surface area (Å²) in [6, 6.07) is 19.3. The molecule has 0 saturated heterocycles. The van der Waals surface area contributed by atoms with Gasteiger partial charge in [-0.1, -0.05) is 42.5 Å². The molecule has 0 aliphatic carbocycles. The van der Waals surface area contributed by atoms with Crippen LogP contribution in [-0.4, -0.2) is 33.8 Å². The Balaban J connectivity index is 1.66. The highest BCUT2D eigenvalue weighted by atomic mass is 19.1. The van der Waals surface area contributed by atoms with Gasteiger partial charge in [0.05, 0.1) is 25.0 Å². The summed E-state index contributed by atoms with van der Waals surface area (Å²) in [6.45, 7) is 2.52. The Hall–Kier alpha value is -3.84. The number of benzene rings is 2. The molecular weight excluding hydrogens is 423 g/mol. The summed E-state index contributed by atoms with van der Waals surface area (Å²) in [5.74, 6) is 0.587. The maximum Gasteiger partial charge on any atom is 0.416 e. The van der Waals surface area contributed by atoms with Crippen molar-refractivity contribution in [1.29, 1.82) is 0 Å². The SMILES string of the molecule is Cc1cn(Cc2ccc(F)cc2)c(OC(=O)N(CCO)Cc2ccccc2)c1-c1ccco1. The minimum Gasteiger partial charge on any atom is -0.464 e. The first kappa shape index (κ1) is 22.4. The molecule has 1 N–H and O–H groups in total. The van der Waals surface area contributed by atoms with Gasteiger partial charge in [-0.3, -0.25) is 0 Å². The van der Waals surface area contributed by atoms with E-state index in [9.17, 15) is 14.3 Å². The van der Waals surface area contributed by atoms with Crippen LogP contribution in [0.25, 0.3) is 11.3 Å². The van der Waals surface area contributed by atoms with Crippen molar-refractivity contribution in [2.24, 2.45) is 0 Å². The fraction of sp³-hybridized carbons (Fsp3) is 0.192. The molecule has 4 aromatic rings. The number of carbonyl (C=O) groups is 1. The summed E-state index contributed by atoms with van der Waals surface area (Å²) < 4.78 is 26.7. The number of nitrogens with zero attached hydrogens (tertiary/aromatic N) is 2. The van der Waals surface area contributed by atoms with Crippen LogP contribution in [0.4, 0.5) is 9.18 Å². The number of aryl methyl sites for hydroxylation is 1. The first-order valence-electron chi connectivity index (χ1n) is 10.6. The summed E-state index contributed by atoms with van der Waals surface area (Å²) >= 11 is 0. The number of furan rings is 1. The molecule has 0 aliphatic heterocycles. The van der Waals surface area contributed by atoms with E-state index < -0.39 is 6.09 Å². The van der Waals surface area contributed by atoms with Crippen LogP contribution in [0, 0.1) is 12.7 Å². The zero-order valence-corrected chi connectivity index (χ0v) is 18.3. The highest BCUT2D eigenvalue weighted by Crippen LogP contribution is 2.36. The summed E-state index contributed by atoms with van der Waals surface area (Å²) in [4.78, 5) is 14.6. The minimum absolute atomic E-state index is 0.126. The molecule has 0 atom stereocenters. The van der Waals surface area contributed by atoms with Crippen molar-refractivity contribution in [3.63, 3.8) is 0 Å². The van der Waals surface area contributed by atoms with E-state index in [1.54, 1.807) is 35.1 Å². The first-order chi connectivity index (χ1) is 16.0. The Morgan fingerprint density at radius 1 is 1.06 bits per heavy atom. The van der Waals surface area contributed by atoms with Crippen molar-refractivity contribution in [2.75, 3.05) is 13.2 Å². The average Bonchev–Trinajstić information content (AvgIpc) is 3.43. The van der Waals surface area contributed by atoms with Gasteiger partial charge in [-0.2, -0.15) is 0 Å². The fourth-order valence-corrected chi connectivity index (χ4v) is 3.71. The summed E-state index contributed by atoms with van der Waals surface area (Å²) in [5, 5.41) is 9.51. The smallest absolute Gasteiger partial charge is 0.416 e. The van der Waals surface area contributed by atoms with Gasteiger partial charge in [-0.25, -0.2) is 9.18 Å². The monoisotopic (exact) mass is 448 g/mol. The average molecular weight is 448 g/mol. The van der Waals surface area contributed by atoms with Crippen LogP contribution in [0.15, 0.2) is 83.6 Å². The van der Waals surface area contributed by atoms with Gasteiger partial charge >= 0.3 is 6.09 Å². The van der Waals surface area contributed by atoms with E-state index in [-0.39, 0.29) is 19.0 Å². The van der Waals surface area contributed by atoms with Crippen LogP contribution in [-0.2, 0) is 13.1 Å². The lowest BCUT2D eigenvalue weighted by molar-refractivity contribution is 0.132. The molecule has 33 heavy (non-hydrogen) atoms. The van der Waals surface area contributed by atoms with E-state index in [1.165, 1.54) is 17.0 Å². The third kappa shape index (κ3) is 5.32. The molecule has 0 saturated carbocycles. The Bertz CT molecular complexity index is 1190. The molecular formula is C26H25FN2O4. The van der Waals surface area contributed by atoms with Crippen molar-refractivity contribution < 1.29 is 23.4 Å². The number of rotatable bonds is 8. The van der Waals surface area contributed by atoms with Gasteiger partial charge in [0.2, 0.25) is 5.88 Å². The van der Waals surface area contributed by atoms with Gasteiger partial charge in [0.25, 0.3) is 0 Å². The van der Waals surface area contributed by atoms with Crippen molar-refractivity contribution >= 4 is 6.09 Å². The maximum atomic E-state index is 13.4. The second kappa shape index (κ2) is 10.2. The van der Waals surface area contributed by atoms with Crippen LogP contribution in [0.1, 0.15) is 16.7 Å². The lowest BCUT2D eigenvalue weighted by atomic mass is 10.1. The van der Waals surface area contributed by atoms with Crippen molar-refractivity contribution in [3.05, 3.63) is 102 Å². The number of aliphatic hydroxyl groups is 1. The normalized spacial score (nSPS) is 10.9. The molecule has 7 heteroatoms. The van der Waals surface area contributed by atoms with Gasteiger partial charge in [-0.15, -0.1) is 0 Å². The van der Waals surface area contributed by atoms with Crippen molar-refractivity contribution in [2.45, 2.75) is 20.0 Å². The summed E-state index contributed by atoms with van der Waals surface area (Å²) in [6.07, 6.45) is 2.85. The molecule has 2 aromatic carbocycles. The highest BCUT2D eigenvalue weighted by Gasteiger charge is 2.24.